The summed E-state index contributed by atoms with van der Waals surface area (Å²) in [7, 11) is 0. The van der Waals surface area contributed by atoms with Crippen LogP contribution in [0.25, 0.3) is 0 Å². The topological polar surface area (TPSA) is 33.2 Å². The van der Waals surface area contributed by atoms with E-state index in [1.54, 1.807) is 0 Å². The number of pyridine rings is 1. The molecule has 0 aromatic carbocycles. The second kappa shape index (κ2) is 7.32. The van der Waals surface area contributed by atoms with Gasteiger partial charge in [-0.1, -0.05) is 34.6 Å². The molecule has 26 heavy (non-hydrogen) atoms. The molecule has 2 heterocycles. The van der Waals surface area contributed by atoms with E-state index in [1.165, 1.54) is 18.4 Å². The monoisotopic (exact) mass is 356 g/mol. The minimum atomic E-state index is 0.236. The van der Waals surface area contributed by atoms with Crippen molar-refractivity contribution >= 4 is 5.91 Å². The molecular formula is C23H36N2O. The Hall–Kier alpha value is -1.38. The molecule has 3 nitrogen and oxygen atoms in total. The van der Waals surface area contributed by atoms with Crippen LogP contribution >= 0.6 is 0 Å². The minimum absolute atomic E-state index is 0.236. The number of amides is 1. The lowest BCUT2D eigenvalue weighted by Crippen LogP contribution is -2.46. The highest BCUT2D eigenvalue weighted by Gasteiger charge is 2.47. The maximum absolute atomic E-state index is 13.1. The van der Waals surface area contributed by atoms with E-state index in [1.807, 2.05) is 12.4 Å². The Morgan fingerprint density at radius 2 is 1.77 bits per heavy atom. The van der Waals surface area contributed by atoms with Crippen LogP contribution in [0.4, 0.5) is 0 Å². The highest BCUT2D eigenvalue weighted by molar-refractivity contribution is 5.79. The molecule has 2 aliphatic rings. The van der Waals surface area contributed by atoms with Crippen LogP contribution in [0.3, 0.4) is 0 Å². The summed E-state index contributed by atoms with van der Waals surface area (Å²) in [6.45, 7) is 13.7. The van der Waals surface area contributed by atoms with E-state index in [9.17, 15) is 4.79 Å². The first kappa shape index (κ1) is 19.4. The lowest BCUT2D eigenvalue weighted by molar-refractivity contribution is -0.138. The van der Waals surface area contributed by atoms with Crippen LogP contribution in [0.15, 0.2) is 24.5 Å². The zero-order chi connectivity index (χ0) is 18.9. The second-order valence-corrected chi connectivity index (χ2v) is 9.89. The van der Waals surface area contributed by atoms with E-state index in [0.29, 0.717) is 28.6 Å². The summed E-state index contributed by atoms with van der Waals surface area (Å²) >= 11 is 0. The third-order valence-electron chi connectivity index (χ3n) is 7.50. The molecule has 0 bridgehead atoms. The number of hydrogen-bond donors (Lipinski definition) is 0. The van der Waals surface area contributed by atoms with Crippen LogP contribution in [0.5, 0.6) is 0 Å². The smallest absolute Gasteiger partial charge is 0.225 e. The van der Waals surface area contributed by atoms with E-state index in [0.717, 1.165) is 32.4 Å². The van der Waals surface area contributed by atoms with Crippen molar-refractivity contribution in [1.29, 1.82) is 0 Å². The quantitative estimate of drug-likeness (QED) is 0.738. The maximum Gasteiger partial charge on any atom is 0.225 e. The van der Waals surface area contributed by atoms with E-state index < -0.39 is 0 Å². The molecule has 0 N–H and O–H groups in total. The Morgan fingerprint density at radius 3 is 2.31 bits per heavy atom. The van der Waals surface area contributed by atoms with E-state index in [4.69, 9.17) is 0 Å². The van der Waals surface area contributed by atoms with E-state index in [2.05, 4.69) is 56.6 Å². The molecule has 3 heteroatoms. The maximum atomic E-state index is 13.1. The summed E-state index contributed by atoms with van der Waals surface area (Å²) in [5, 5.41) is 0. The molecule has 1 aliphatic heterocycles. The fourth-order valence-electron chi connectivity index (χ4n) is 5.70. The Balaban J connectivity index is 1.61. The number of hydrogen-bond acceptors (Lipinski definition) is 2. The van der Waals surface area contributed by atoms with Gasteiger partial charge in [-0.2, -0.15) is 0 Å². The van der Waals surface area contributed by atoms with Crippen LogP contribution in [-0.2, 0) is 4.79 Å². The van der Waals surface area contributed by atoms with E-state index >= 15 is 0 Å². The average molecular weight is 357 g/mol. The van der Waals surface area contributed by atoms with Gasteiger partial charge < -0.3 is 4.90 Å². The molecule has 1 aromatic heterocycles. The molecule has 0 radical (unpaired) electrons. The normalized spacial score (nSPS) is 30.0. The molecule has 2 fully saturated rings. The lowest BCUT2D eigenvalue weighted by Gasteiger charge is -2.52. The Bertz CT molecular complexity index is 609. The molecule has 1 saturated heterocycles. The molecule has 144 valence electrons. The second-order valence-electron chi connectivity index (χ2n) is 9.89. The number of rotatable bonds is 3. The fraction of sp³-hybridized carbons (Fsp3) is 0.739. The van der Waals surface area contributed by atoms with Crippen molar-refractivity contribution in [3.63, 3.8) is 0 Å². The van der Waals surface area contributed by atoms with Gasteiger partial charge in [-0.25, -0.2) is 0 Å². The van der Waals surface area contributed by atoms with Crippen LogP contribution in [0.2, 0.25) is 0 Å². The van der Waals surface area contributed by atoms with Crippen LogP contribution in [-0.4, -0.2) is 28.9 Å². The van der Waals surface area contributed by atoms with Gasteiger partial charge in [-0.05, 0) is 66.5 Å². The minimum Gasteiger partial charge on any atom is -0.342 e. The zero-order valence-electron chi connectivity index (χ0n) is 17.3. The van der Waals surface area contributed by atoms with Gasteiger partial charge >= 0.3 is 0 Å². The van der Waals surface area contributed by atoms with Gasteiger partial charge in [-0.15, -0.1) is 0 Å². The number of likely N-dealkylation sites (tertiary alicyclic amines) is 1. The fourth-order valence-corrected chi connectivity index (χ4v) is 5.70. The highest BCUT2D eigenvalue weighted by Crippen LogP contribution is 2.55. The summed E-state index contributed by atoms with van der Waals surface area (Å²) in [4.78, 5) is 19.4. The van der Waals surface area contributed by atoms with Gasteiger partial charge in [-0.3, -0.25) is 9.78 Å². The Kier molecular flexibility index (Phi) is 5.46. The van der Waals surface area contributed by atoms with Crippen LogP contribution in [0, 0.1) is 22.7 Å². The predicted molar refractivity (Wildman–Crippen MR) is 107 cm³/mol. The van der Waals surface area contributed by atoms with Gasteiger partial charge in [0, 0.05) is 37.3 Å². The largest absolute Gasteiger partial charge is 0.342 e. The van der Waals surface area contributed by atoms with Crippen LogP contribution < -0.4 is 0 Å². The molecule has 0 spiro atoms. The standard InChI is InChI=1S/C23H36N2O/c1-17(2)23(22(3,4)5)11-6-19(7-12-23)21(26)25-15-10-20(16-25)18-8-13-24-14-9-18/h8-9,13-14,17,19-20H,6-7,10-12,15-16H2,1-5H3. The third-order valence-corrected chi connectivity index (χ3v) is 7.50. The van der Waals surface area contributed by atoms with Crippen molar-refractivity contribution in [1.82, 2.24) is 9.88 Å². The predicted octanol–water partition coefficient (Wildman–Crippen LogP) is 5.28. The molecule has 1 amide bonds. The van der Waals surface area contributed by atoms with Crippen LogP contribution in [0.1, 0.15) is 78.2 Å². The molecule has 1 unspecified atom stereocenters. The van der Waals surface area contributed by atoms with Crippen molar-refractivity contribution < 1.29 is 4.79 Å². The molecule has 1 aromatic rings. The highest BCUT2D eigenvalue weighted by atomic mass is 16.2. The van der Waals surface area contributed by atoms with Gasteiger partial charge in [0.15, 0.2) is 0 Å². The number of aromatic nitrogens is 1. The molecule has 1 aliphatic carbocycles. The van der Waals surface area contributed by atoms with Crippen molar-refractivity contribution in [3.05, 3.63) is 30.1 Å². The van der Waals surface area contributed by atoms with Crippen molar-refractivity contribution in [2.45, 2.75) is 72.6 Å². The summed E-state index contributed by atoms with van der Waals surface area (Å²) in [5.41, 5.74) is 1.99. The number of nitrogens with zero attached hydrogens (tertiary/aromatic N) is 2. The first-order valence-corrected chi connectivity index (χ1v) is 10.4. The number of carbonyl (C=O) groups is 1. The van der Waals surface area contributed by atoms with Gasteiger partial charge in [0.2, 0.25) is 5.91 Å². The average Bonchev–Trinajstić information content (AvgIpc) is 3.11. The first-order chi connectivity index (χ1) is 12.2. The molecular weight excluding hydrogens is 320 g/mol. The lowest BCUT2D eigenvalue weighted by atomic mass is 9.53. The van der Waals surface area contributed by atoms with Gasteiger partial charge in [0.1, 0.15) is 0 Å². The van der Waals surface area contributed by atoms with Gasteiger partial charge in [0.25, 0.3) is 0 Å². The first-order valence-electron chi connectivity index (χ1n) is 10.4. The number of carbonyl (C=O) groups excluding carboxylic acids is 1. The molecule has 3 rings (SSSR count). The van der Waals surface area contributed by atoms with E-state index in [-0.39, 0.29) is 5.92 Å². The summed E-state index contributed by atoms with van der Waals surface area (Å²) in [6.07, 6.45) is 9.30. The molecule has 1 atom stereocenters. The zero-order valence-corrected chi connectivity index (χ0v) is 17.3. The summed E-state index contributed by atoms with van der Waals surface area (Å²) < 4.78 is 0. The SMILES string of the molecule is CC(C)C1(C(C)(C)C)CCC(C(=O)N2CCC(c3ccncc3)C2)CC1. The van der Waals surface area contributed by atoms with Gasteiger partial charge in [0.05, 0.1) is 0 Å². The Labute approximate surface area is 159 Å². The Morgan fingerprint density at radius 1 is 1.15 bits per heavy atom. The van der Waals surface area contributed by atoms with Crippen molar-refractivity contribution in [2.24, 2.45) is 22.7 Å². The summed E-state index contributed by atoms with van der Waals surface area (Å²) in [5.74, 6) is 1.80. The third kappa shape index (κ3) is 3.54. The molecule has 1 saturated carbocycles. The summed E-state index contributed by atoms with van der Waals surface area (Å²) in [6, 6.07) is 4.19. The van der Waals surface area contributed by atoms with Crippen molar-refractivity contribution in [2.75, 3.05) is 13.1 Å². The van der Waals surface area contributed by atoms with Crippen molar-refractivity contribution in [3.8, 4) is 0 Å².